The normalized spacial score (nSPS) is 23.0. The van der Waals surface area contributed by atoms with Crippen LogP contribution in [0.4, 0.5) is 0 Å². The number of rotatable bonds is 0. The van der Waals surface area contributed by atoms with Gasteiger partial charge in [0.15, 0.2) is 0 Å². The van der Waals surface area contributed by atoms with E-state index in [0.29, 0.717) is 0 Å². The van der Waals surface area contributed by atoms with Crippen molar-refractivity contribution in [3.05, 3.63) is 47.5 Å². The Labute approximate surface area is 84.4 Å². The Hall–Kier alpha value is -1.08. The van der Waals surface area contributed by atoms with Crippen LogP contribution in [0.1, 0.15) is 24.0 Å². The monoisotopic (exact) mass is 186 g/mol. The average Bonchev–Trinajstić information content (AvgIpc) is 2.16. The first kappa shape index (κ1) is 8.25. The van der Waals surface area contributed by atoms with E-state index in [4.69, 9.17) is 4.74 Å². The van der Waals surface area contributed by atoms with Crippen molar-refractivity contribution in [2.75, 3.05) is 6.61 Å². The van der Waals surface area contributed by atoms with E-state index < -0.39 is 0 Å². The molecule has 1 aromatic carbocycles. The molecule has 0 radical (unpaired) electrons. The van der Waals surface area contributed by atoms with E-state index >= 15 is 0 Å². The summed E-state index contributed by atoms with van der Waals surface area (Å²) < 4.78 is 5.66. The Balaban J connectivity index is 2.07. The fourth-order valence-electron chi connectivity index (χ4n) is 2.80. The minimum Gasteiger partial charge on any atom is -0.376 e. The predicted octanol–water partition coefficient (Wildman–Crippen LogP) is 2.80. The van der Waals surface area contributed by atoms with Gasteiger partial charge < -0.3 is 4.74 Å². The molecule has 0 bridgehead atoms. The summed E-state index contributed by atoms with van der Waals surface area (Å²) in [6, 6.07) is 8.66. The molecule has 1 heteroatoms. The molecule has 3 rings (SSSR count). The summed E-state index contributed by atoms with van der Waals surface area (Å²) in [5.41, 5.74) is 4.52. The van der Waals surface area contributed by atoms with Crippen molar-refractivity contribution >= 4 is 0 Å². The number of allylic oxidation sites excluding steroid dienone is 1. The quantitative estimate of drug-likeness (QED) is 0.566. The van der Waals surface area contributed by atoms with E-state index in [0.717, 1.165) is 26.1 Å². The summed E-state index contributed by atoms with van der Waals surface area (Å²) in [6.45, 7) is 5.69. The van der Waals surface area contributed by atoms with Crippen LogP contribution in [0.5, 0.6) is 0 Å². The van der Waals surface area contributed by atoms with Crippen LogP contribution in [0.2, 0.25) is 0 Å². The SMILES string of the molecule is C=C1CC2(COCc3ccccc32)C1. The zero-order chi connectivity index (χ0) is 9.60. The highest BCUT2D eigenvalue weighted by molar-refractivity contribution is 5.42. The summed E-state index contributed by atoms with van der Waals surface area (Å²) in [5.74, 6) is 0. The molecule has 1 fully saturated rings. The van der Waals surface area contributed by atoms with Crippen LogP contribution in [0.25, 0.3) is 0 Å². The van der Waals surface area contributed by atoms with E-state index in [1.165, 1.54) is 16.7 Å². The molecule has 0 saturated heterocycles. The van der Waals surface area contributed by atoms with Gasteiger partial charge in [-0.25, -0.2) is 0 Å². The van der Waals surface area contributed by atoms with Crippen LogP contribution in [-0.4, -0.2) is 6.61 Å². The summed E-state index contributed by atoms with van der Waals surface area (Å²) in [5, 5.41) is 0. The number of fused-ring (bicyclic) bond motifs is 2. The van der Waals surface area contributed by atoms with Crippen molar-refractivity contribution in [2.24, 2.45) is 0 Å². The molecule has 1 saturated carbocycles. The van der Waals surface area contributed by atoms with Gasteiger partial charge in [-0.15, -0.1) is 0 Å². The minimum absolute atomic E-state index is 0.284. The van der Waals surface area contributed by atoms with Crippen LogP contribution in [0.3, 0.4) is 0 Å². The van der Waals surface area contributed by atoms with Crippen LogP contribution in [0, 0.1) is 0 Å². The van der Waals surface area contributed by atoms with Crippen LogP contribution < -0.4 is 0 Å². The molecule has 0 amide bonds. The van der Waals surface area contributed by atoms with Gasteiger partial charge >= 0.3 is 0 Å². The third kappa shape index (κ3) is 0.992. The molecule has 1 aliphatic carbocycles. The molecule has 2 aliphatic rings. The fourth-order valence-corrected chi connectivity index (χ4v) is 2.80. The molecule has 0 aromatic heterocycles. The second kappa shape index (κ2) is 2.71. The number of benzene rings is 1. The van der Waals surface area contributed by atoms with E-state index in [1.807, 2.05) is 0 Å². The lowest BCUT2D eigenvalue weighted by Crippen LogP contribution is -2.43. The highest BCUT2D eigenvalue weighted by Crippen LogP contribution is 2.49. The molecule has 1 heterocycles. The highest BCUT2D eigenvalue weighted by Gasteiger charge is 2.44. The lowest BCUT2D eigenvalue weighted by molar-refractivity contribution is 0.0346. The lowest BCUT2D eigenvalue weighted by Gasteiger charge is -2.47. The summed E-state index contributed by atoms with van der Waals surface area (Å²) >= 11 is 0. The van der Waals surface area contributed by atoms with Gasteiger partial charge in [-0.3, -0.25) is 0 Å². The Morgan fingerprint density at radius 2 is 2.00 bits per heavy atom. The van der Waals surface area contributed by atoms with Crippen molar-refractivity contribution in [3.8, 4) is 0 Å². The molecule has 14 heavy (non-hydrogen) atoms. The Bertz CT molecular complexity index is 384. The van der Waals surface area contributed by atoms with Gasteiger partial charge in [0.25, 0.3) is 0 Å². The van der Waals surface area contributed by atoms with Crippen molar-refractivity contribution in [2.45, 2.75) is 24.9 Å². The number of ether oxygens (including phenoxy) is 1. The summed E-state index contributed by atoms with van der Waals surface area (Å²) in [6.07, 6.45) is 2.23. The molecular weight excluding hydrogens is 172 g/mol. The Morgan fingerprint density at radius 1 is 1.21 bits per heavy atom. The maximum absolute atomic E-state index is 5.66. The van der Waals surface area contributed by atoms with E-state index in [-0.39, 0.29) is 5.41 Å². The topological polar surface area (TPSA) is 9.23 Å². The van der Waals surface area contributed by atoms with Gasteiger partial charge in [-0.2, -0.15) is 0 Å². The second-order valence-electron chi connectivity index (χ2n) is 4.53. The summed E-state index contributed by atoms with van der Waals surface area (Å²) in [7, 11) is 0. The number of hydrogen-bond donors (Lipinski definition) is 0. The van der Waals surface area contributed by atoms with Gasteiger partial charge in [-0.1, -0.05) is 36.4 Å². The third-order valence-electron chi connectivity index (χ3n) is 3.40. The van der Waals surface area contributed by atoms with Gasteiger partial charge in [-0.05, 0) is 24.0 Å². The summed E-state index contributed by atoms with van der Waals surface area (Å²) in [4.78, 5) is 0. The largest absolute Gasteiger partial charge is 0.376 e. The third-order valence-corrected chi connectivity index (χ3v) is 3.40. The maximum atomic E-state index is 5.66. The van der Waals surface area contributed by atoms with Gasteiger partial charge in [0.05, 0.1) is 13.2 Å². The minimum atomic E-state index is 0.284. The van der Waals surface area contributed by atoms with Crippen molar-refractivity contribution < 1.29 is 4.74 Å². The van der Waals surface area contributed by atoms with Gasteiger partial charge in [0.1, 0.15) is 0 Å². The van der Waals surface area contributed by atoms with E-state index in [1.54, 1.807) is 0 Å². The molecule has 1 nitrogen and oxygen atoms in total. The zero-order valence-corrected chi connectivity index (χ0v) is 8.25. The van der Waals surface area contributed by atoms with Crippen LogP contribution >= 0.6 is 0 Å². The first-order chi connectivity index (χ1) is 6.80. The maximum Gasteiger partial charge on any atom is 0.0720 e. The number of hydrogen-bond acceptors (Lipinski definition) is 1. The van der Waals surface area contributed by atoms with E-state index in [9.17, 15) is 0 Å². The smallest absolute Gasteiger partial charge is 0.0720 e. The molecule has 1 aliphatic heterocycles. The van der Waals surface area contributed by atoms with Crippen molar-refractivity contribution in [3.63, 3.8) is 0 Å². The van der Waals surface area contributed by atoms with Crippen LogP contribution in [0.15, 0.2) is 36.4 Å². The van der Waals surface area contributed by atoms with E-state index in [2.05, 4.69) is 30.8 Å². The average molecular weight is 186 g/mol. The first-order valence-electron chi connectivity index (χ1n) is 5.13. The molecule has 1 aromatic rings. The highest BCUT2D eigenvalue weighted by atomic mass is 16.5. The van der Waals surface area contributed by atoms with Crippen molar-refractivity contribution in [1.29, 1.82) is 0 Å². The molecule has 0 N–H and O–H groups in total. The van der Waals surface area contributed by atoms with Crippen molar-refractivity contribution in [1.82, 2.24) is 0 Å². The molecule has 72 valence electrons. The zero-order valence-electron chi connectivity index (χ0n) is 8.25. The molecule has 0 atom stereocenters. The van der Waals surface area contributed by atoms with Gasteiger partial charge in [0, 0.05) is 5.41 Å². The van der Waals surface area contributed by atoms with Gasteiger partial charge in [0.2, 0.25) is 0 Å². The molecule has 0 unspecified atom stereocenters. The second-order valence-corrected chi connectivity index (χ2v) is 4.53. The molecular formula is C13H14O. The Morgan fingerprint density at radius 3 is 2.79 bits per heavy atom. The van der Waals surface area contributed by atoms with Crippen LogP contribution in [-0.2, 0) is 16.8 Å². The first-order valence-corrected chi connectivity index (χ1v) is 5.13. The lowest BCUT2D eigenvalue weighted by atomic mass is 9.61. The standard InChI is InChI=1S/C13H14O/c1-10-6-13(7-10)9-14-8-11-4-2-3-5-12(11)13/h2-5H,1,6-9H2. The molecule has 1 spiro atoms. The fraction of sp³-hybridized carbons (Fsp3) is 0.385. The predicted molar refractivity (Wildman–Crippen MR) is 56.2 cm³/mol. The Kier molecular flexibility index (Phi) is 1.59.